The zero-order valence-electron chi connectivity index (χ0n) is 13.9. The van der Waals surface area contributed by atoms with Crippen molar-refractivity contribution in [3.8, 4) is 0 Å². The number of aromatic carboxylic acids is 1. The lowest BCUT2D eigenvalue weighted by atomic mass is 10.0. The van der Waals surface area contributed by atoms with Crippen molar-refractivity contribution < 1.29 is 18.3 Å². The molecule has 0 fully saturated rings. The molecule has 0 aliphatic heterocycles. The van der Waals surface area contributed by atoms with Crippen molar-refractivity contribution in [3.63, 3.8) is 0 Å². The Morgan fingerprint density at radius 1 is 0.960 bits per heavy atom. The summed E-state index contributed by atoms with van der Waals surface area (Å²) in [6.07, 6.45) is 4.66. The van der Waals surface area contributed by atoms with E-state index in [-0.39, 0.29) is 5.56 Å². The van der Waals surface area contributed by atoms with Crippen LogP contribution in [0.5, 0.6) is 0 Å². The lowest BCUT2D eigenvalue weighted by Crippen LogP contribution is -2.20. The van der Waals surface area contributed by atoms with Crippen LogP contribution in [-0.2, 0) is 10.0 Å². The van der Waals surface area contributed by atoms with Gasteiger partial charge in [0.2, 0.25) is 10.0 Å². The molecule has 2 rings (SSSR count). The van der Waals surface area contributed by atoms with Crippen molar-refractivity contribution in [2.24, 2.45) is 0 Å². The fourth-order valence-corrected chi connectivity index (χ4v) is 2.86. The average molecular weight is 357 g/mol. The van der Waals surface area contributed by atoms with E-state index in [9.17, 15) is 13.2 Å². The van der Waals surface area contributed by atoms with Crippen molar-refractivity contribution in [1.29, 1.82) is 0 Å². The lowest BCUT2D eigenvalue weighted by Gasteiger charge is -2.12. The number of sulfonamides is 1. The number of carboxylic acids is 1. The van der Waals surface area contributed by atoms with Gasteiger partial charge in [0.1, 0.15) is 0 Å². The Bertz CT molecular complexity index is 912. The number of carbonyl (C=O) groups is 1. The third-order valence-corrected chi connectivity index (χ3v) is 4.05. The minimum absolute atomic E-state index is 0.195. The summed E-state index contributed by atoms with van der Waals surface area (Å²) >= 11 is 0. The smallest absolute Gasteiger partial charge is 0.335 e. The van der Waals surface area contributed by atoms with Crippen LogP contribution in [-0.4, -0.2) is 25.7 Å². The van der Waals surface area contributed by atoms with Gasteiger partial charge in [0.05, 0.1) is 17.5 Å². The van der Waals surface area contributed by atoms with Gasteiger partial charge >= 0.3 is 5.97 Å². The molecule has 25 heavy (non-hydrogen) atoms. The molecular formula is C19H19NO4S. The van der Waals surface area contributed by atoms with Crippen LogP contribution < -0.4 is 4.72 Å². The highest BCUT2D eigenvalue weighted by Gasteiger charge is 2.10. The van der Waals surface area contributed by atoms with E-state index in [1.165, 1.54) is 12.1 Å². The topological polar surface area (TPSA) is 83.5 Å². The number of hydrogen-bond donors (Lipinski definition) is 2. The second-order valence-corrected chi connectivity index (χ2v) is 7.17. The van der Waals surface area contributed by atoms with Crippen LogP contribution in [0.4, 0.5) is 0 Å². The molecule has 5 nitrogen and oxygen atoms in total. The van der Waals surface area contributed by atoms with Crippen molar-refractivity contribution in [1.82, 2.24) is 4.72 Å². The van der Waals surface area contributed by atoms with Crippen LogP contribution in [0.3, 0.4) is 0 Å². The summed E-state index contributed by atoms with van der Waals surface area (Å²) in [5.41, 5.74) is 2.93. The number of benzene rings is 2. The van der Waals surface area contributed by atoms with Crippen LogP contribution in [0.1, 0.15) is 28.4 Å². The van der Waals surface area contributed by atoms with E-state index in [0.29, 0.717) is 5.70 Å². The Morgan fingerprint density at radius 2 is 1.52 bits per heavy atom. The van der Waals surface area contributed by atoms with Gasteiger partial charge in [0, 0.05) is 0 Å². The normalized spacial score (nSPS) is 12.7. The van der Waals surface area contributed by atoms with E-state index >= 15 is 0 Å². The highest BCUT2D eigenvalue weighted by Crippen LogP contribution is 2.22. The van der Waals surface area contributed by atoms with Crippen molar-refractivity contribution in [3.05, 3.63) is 83.4 Å². The molecule has 0 amide bonds. The zero-order valence-corrected chi connectivity index (χ0v) is 14.7. The standard InChI is InChI=1S/C19H19NO4S/c1-3-14(15-9-11-17(12-10-15)19(21)22)13-18(20-25(2,23)24)16-7-5-4-6-8-16/h3-13,20H,1-2H3,(H,21,22)/b14-3+,18-13+. The van der Waals surface area contributed by atoms with E-state index in [1.807, 2.05) is 43.3 Å². The molecule has 130 valence electrons. The first kappa shape index (κ1) is 18.5. The number of carboxylic acid groups (broad SMARTS) is 1. The molecule has 0 unspecified atom stereocenters. The van der Waals surface area contributed by atoms with Gasteiger partial charge in [-0.15, -0.1) is 0 Å². The highest BCUT2D eigenvalue weighted by atomic mass is 32.2. The molecule has 0 radical (unpaired) electrons. The summed E-state index contributed by atoms with van der Waals surface area (Å²) in [6.45, 7) is 1.83. The molecule has 0 bridgehead atoms. The first-order valence-corrected chi connectivity index (χ1v) is 9.44. The van der Waals surface area contributed by atoms with Crippen LogP contribution >= 0.6 is 0 Å². The summed E-state index contributed by atoms with van der Waals surface area (Å²) in [6, 6.07) is 15.5. The van der Waals surface area contributed by atoms with Gasteiger partial charge in [0.25, 0.3) is 0 Å². The Balaban J connectivity index is 2.46. The number of rotatable bonds is 6. The lowest BCUT2D eigenvalue weighted by molar-refractivity contribution is 0.0697. The minimum atomic E-state index is -3.45. The minimum Gasteiger partial charge on any atom is -0.478 e. The Labute approximate surface area is 147 Å². The van der Waals surface area contributed by atoms with Crippen LogP contribution in [0, 0.1) is 0 Å². The Morgan fingerprint density at radius 3 is 2.00 bits per heavy atom. The molecule has 2 aromatic carbocycles. The first-order valence-electron chi connectivity index (χ1n) is 7.55. The highest BCUT2D eigenvalue weighted by molar-refractivity contribution is 7.89. The number of allylic oxidation sites excluding steroid dienone is 3. The van der Waals surface area contributed by atoms with Gasteiger partial charge in [-0.2, -0.15) is 0 Å². The summed E-state index contributed by atoms with van der Waals surface area (Å²) in [7, 11) is -3.45. The van der Waals surface area contributed by atoms with Gasteiger partial charge in [0.15, 0.2) is 0 Å². The van der Waals surface area contributed by atoms with Crippen molar-refractivity contribution >= 4 is 27.3 Å². The molecule has 0 saturated heterocycles. The average Bonchev–Trinajstić information content (AvgIpc) is 2.58. The van der Waals surface area contributed by atoms with E-state index in [4.69, 9.17) is 5.11 Å². The quantitative estimate of drug-likeness (QED) is 0.777. The number of nitrogens with one attached hydrogen (secondary N) is 1. The summed E-state index contributed by atoms with van der Waals surface area (Å²) in [5, 5.41) is 8.99. The van der Waals surface area contributed by atoms with Crippen LogP contribution in [0.2, 0.25) is 0 Å². The SMILES string of the molecule is C/C=C(\C=C(\NS(C)(=O)=O)c1ccccc1)c1ccc(C(=O)O)cc1. The Hall–Kier alpha value is -2.86. The van der Waals surface area contributed by atoms with Gasteiger partial charge in [-0.3, -0.25) is 4.72 Å². The molecule has 0 aromatic heterocycles. The first-order chi connectivity index (χ1) is 11.8. The summed E-state index contributed by atoms with van der Waals surface area (Å²) < 4.78 is 25.9. The molecule has 0 saturated carbocycles. The molecule has 0 aliphatic rings. The maximum Gasteiger partial charge on any atom is 0.335 e. The second kappa shape index (κ2) is 7.81. The number of hydrogen-bond acceptors (Lipinski definition) is 3. The van der Waals surface area contributed by atoms with E-state index < -0.39 is 16.0 Å². The maximum absolute atomic E-state index is 11.7. The van der Waals surface area contributed by atoms with Gasteiger partial charge in [-0.05, 0) is 41.8 Å². The van der Waals surface area contributed by atoms with E-state index in [0.717, 1.165) is 23.0 Å². The van der Waals surface area contributed by atoms with Gasteiger partial charge in [-0.1, -0.05) is 48.5 Å². The molecule has 0 aliphatic carbocycles. The predicted octanol–water partition coefficient (Wildman–Crippen LogP) is 3.38. The van der Waals surface area contributed by atoms with Crippen LogP contribution in [0.25, 0.3) is 11.3 Å². The maximum atomic E-state index is 11.7. The fourth-order valence-electron chi connectivity index (χ4n) is 2.28. The monoisotopic (exact) mass is 357 g/mol. The zero-order chi connectivity index (χ0) is 18.4. The molecule has 6 heteroatoms. The molecule has 2 aromatic rings. The van der Waals surface area contributed by atoms with Crippen molar-refractivity contribution in [2.45, 2.75) is 6.92 Å². The Kier molecular flexibility index (Phi) is 5.77. The second-order valence-electron chi connectivity index (χ2n) is 5.42. The predicted molar refractivity (Wildman–Crippen MR) is 99.5 cm³/mol. The largest absolute Gasteiger partial charge is 0.478 e. The molecule has 0 heterocycles. The van der Waals surface area contributed by atoms with Crippen molar-refractivity contribution in [2.75, 3.05) is 6.26 Å². The van der Waals surface area contributed by atoms with Gasteiger partial charge < -0.3 is 5.11 Å². The molecular weight excluding hydrogens is 338 g/mol. The summed E-state index contributed by atoms with van der Waals surface area (Å²) in [5.74, 6) is -0.993. The molecule has 2 N–H and O–H groups in total. The molecule has 0 atom stereocenters. The van der Waals surface area contributed by atoms with Crippen LogP contribution in [0.15, 0.2) is 66.7 Å². The van der Waals surface area contributed by atoms with Gasteiger partial charge in [-0.25, -0.2) is 13.2 Å². The molecule has 0 spiro atoms. The summed E-state index contributed by atoms with van der Waals surface area (Å²) in [4.78, 5) is 11.0. The van der Waals surface area contributed by atoms with E-state index in [2.05, 4.69) is 4.72 Å². The third-order valence-electron chi connectivity index (χ3n) is 3.46. The third kappa shape index (κ3) is 5.32. The van der Waals surface area contributed by atoms with E-state index in [1.54, 1.807) is 18.2 Å². The fraction of sp³-hybridized carbons (Fsp3) is 0.105.